The number of hydrogen-bond acceptors (Lipinski definition) is 41. The number of aromatic nitrogens is 5. The predicted molar refractivity (Wildman–Crippen MR) is 506 cm³/mol. The molecule has 786 valence electrons. The number of nitrogens with zero attached hydrogens (tertiary/aromatic N) is 6. The van der Waals surface area contributed by atoms with E-state index in [0.717, 1.165) is 27.3 Å². The summed E-state index contributed by atoms with van der Waals surface area (Å²) >= 11 is 0. The van der Waals surface area contributed by atoms with E-state index < -0.39 is 265 Å². The minimum Gasteiger partial charge on any atom is -0.496 e. The van der Waals surface area contributed by atoms with Crippen molar-refractivity contribution in [1.29, 1.82) is 0 Å². The zero-order valence-electron chi connectivity index (χ0n) is 78.5. The number of para-hydroxylation sites is 1. The number of aromatic amines is 2. The molecule has 5 aliphatic heterocycles. The van der Waals surface area contributed by atoms with Crippen molar-refractivity contribution in [2.75, 3.05) is 108 Å². The highest BCUT2D eigenvalue weighted by atomic mass is 33.1. The third-order valence-electron chi connectivity index (χ3n) is 27.8. The SMILES string of the molecule is CC[C@]1(O)C[C@@H]2CN(CCc3c([nH]c4ccccc34)[C@@](C(=O)OC)(c3cc4c(cc3OC)N(C)[C@H]3[C@@](O)(C(=O)NNC(=O)OCCSSC[C@H](NC(=O)[C@@H](NC(=O)[C@@H](NC(=O)[C@H](CC(=O)O)NC(=O)[C@@H](NC(=O)CC[C@H](NC(=O)c5ccc(NCc6cnc7[nH]c(N)nc(=O)c7n6)cc5)C(=O)O)[C@@H](O)[C@H](O)[C@H](O)CO)[C@@H](O)[C@H](O)[C@H](O)CO)[C@@H](O)[C@H](O)[C@H](O)CO)C(=O)O)[C@H](O)[C@]5(CC)C=CCN6CC[C@]43[C@@H]65)C2)C1. The van der Waals surface area contributed by atoms with Gasteiger partial charge in [0.15, 0.2) is 16.8 Å². The normalized spacial score (nSPS) is 25.1. The number of nitrogen functional groups attached to an aromatic ring is 1. The number of amides is 8. The molecule has 1 aliphatic carbocycles. The van der Waals surface area contributed by atoms with Gasteiger partial charge < -0.3 is 164 Å². The Morgan fingerprint density at radius 1 is 0.681 bits per heavy atom. The van der Waals surface area contributed by atoms with E-state index in [0.29, 0.717) is 97.4 Å². The molecule has 2 bridgehead atoms. The summed E-state index contributed by atoms with van der Waals surface area (Å²) in [7, 11) is 5.92. The van der Waals surface area contributed by atoms with Gasteiger partial charge in [-0.3, -0.25) is 63.2 Å². The number of nitrogens with one attached hydrogen (secondary N) is 11. The molecule has 54 heteroatoms. The molecule has 144 heavy (non-hydrogen) atoms. The first-order chi connectivity index (χ1) is 68.3. The number of hydrogen-bond donors (Lipinski definition) is 30. The van der Waals surface area contributed by atoms with Crippen LogP contribution in [-0.4, -0.2) is 410 Å². The minimum absolute atomic E-state index is 0.00126. The Labute approximate surface area is 827 Å². The predicted octanol–water partition coefficient (Wildman–Crippen LogP) is -8.52. The van der Waals surface area contributed by atoms with Crippen LogP contribution in [0.15, 0.2) is 83.8 Å². The molecule has 6 aromatic rings. The van der Waals surface area contributed by atoms with E-state index >= 15 is 9.59 Å². The fourth-order valence-electron chi connectivity index (χ4n) is 20.7. The molecule has 8 amide bonds. The van der Waals surface area contributed by atoms with Gasteiger partial charge in [0.05, 0.1) is 70.5 Å². The molecule has 31 N–H and O–H groups in total. The van der Waals surface area contributed by atoms with Gasteiger partial charge in [0.25, 0.3) is 11.8 Å². The maximum absolute atomic E-state index is 15.7. The highest BCUT2D eigenvalue weighted by Gasteiger charge is 2.79. The summed E-state index contributed by atoms with van der Waals surface area (Å²) in [6, 6.07) is -0.367. The van der Waals surface area contributed by atoms with Crippen LogP contribution in [0.3, 0.4) is 0 Å². The smallest absolute Gasteiger partial charge is 0.426 e. The zero-order chi connectivity index (χ0) is 105. The first-order valence-corrected chi connectivity index (χ1v) is 48.5. The lowest BCUT2D eigenvalue weighted by Gasteiger charge is -2.63. The molecule has 0 radical (unpaired) electrons. The first kappa shape index (κ1) is 111. The molecule has 3 aromatic carbocycles. The second kappa shape index (κ2) is 46.5. The Morgan fingerprint density at radius 3 is 1.90 bits per heavy atom. The number of anilines is 3. The lowest BCUT2D eigenvalue weighted by atomic mass is 9.47. The van der Waals surface area contributed by atoms with Crippen molar-refractivity contribution in [3.05, 3.63) is 123 Å². The highest BCUT2D eigenvalue weighted by Crippen LogP contribution is 2.68. The summed E-state index contributed by atoms with van der Waals surface area (Å²) in [6.07, 6.45) is -23.7. The lowest BCUT2D eigenvalue weighted by molar-refractivity contribution is -0.204. The zero-order valence-corrected chi connectivity index (χ0v) is 80.1. The molecule has 3 aromatic heterocycles. The number of carbonyl (C=O) groups excluding carboxylic acids is 9. The van der Waals surface area contributed by atoms with E-state index in [-0.39, 0.29) is 65.2 Å². The number of benzene rings is 3. The van der Waals surface area contributed by atoms with Crippen LogP contribution in [0.5, 0.6) is 5.75 Å². The molecule has 1 saturated carbocycles. The lowest BCUT2D eigenvalue weighted by Crippen LogP contribution is -2.82. The van der Waals surface area contributed by atoms with Crippen molar-refractivity contribution in [2.45, 2.75) is 210 Å². The van der Waals surface area contributed by atoms with Gasteiger partial charge in [0.1, 0.15) is 115 Å². The average molecular weight is 2060 g/mol. The number of esters is 1. The van der Waals surface area contributed by atoms with Crippen molar-refractivity contribution in [3.8, 4) is 5.75 Å². The van der Waals surface area contributed by atoms with E-state index in [4.69, 9.17) is 19.9 Å². The number of carbonyl (C=O) groups is 12. The second-order valence-electron chi connectivity index (χ2n) is 36.5. The molecule has 8 heterocycles. The topological polar surface area (TPSA) is 828 Å². The highest BCUT2D eigenvalue weighted by molar-refractivity contribution is 8.76. The fraction of sp³-hybridized carbons (Fsp3) is 0.556. The number of ether oxygens (including phenoxy) is 3. The molecular formula is C90H120N18O34S2. The average Bonchev–Trinajstić information content (AvgIpc) is 1.47. The van der Waals surface area contributed by atoms with Gasteiger partial charge in [0, 0.05) is 113 Å². The number of H-pyrrole nitrogens is 2. The van der Waals surface area contributed by atoms with Crippen LogP contribution in [-0.2, 0) is 81.2 Å². The third-order valence-corrected chi connectivity index (χ3v) is 30.2. The van der Waals surface area contributed by atoms with Gasteiger partial charge in [-0.2, -0.15) is 4.98 Å². The number of nitrogens with two attached hydrogens (primary N) is 1. The van der Waals surface area contributed by atoms with Gasteiger partial charge in [-0.15, -0.1) is 0 Å². The third kappa shape index (κ3) is 22.6. The van der Waals surface area contributed by atoms with Crippen molar-refractivity contribution in [1.82, 2.24) is 77.5 Å². The summed E-state index contributed by atoms with van der Waals surface area (Å²) in [5.41, 5.74) is 5.32. The maximum atomic E-state index is 15.7. The van der Waals surface area contributed by atoms with Crippen LogP contribution in [0.4, 0.5) is 22.1 Å². The summed E-state index contributed by atoms with van der Waals surface area (Å²) in [6.45, 7) is 1.41. The Kier molecular flexibility index (Phi) is 35.7. The first-order valence-electron chi connectivity index (χ1n) is 46.0. The van der Waals surface area contributed by atoms with E-state index in [9.17, 15) is 145 Å². The Balaban J connectivity index is 0.699. The molecule has 6 aliphatic rings. The van der Waals surface area contributed by atoms with E-state index in [2.05, 4.69) is 56.2 Å². The van der Waals surface area contributed by atoms with Crippen LogP contribution in [0.2, 0.25) is 0 Å². The number of piperidine rings is 1. The quantitative estimate of drug-likeness (QED) is 0.00555. The van der Waals surface area contributed by atoms with Crippen LogP contribution in [0, 0.1) is 11.3 Å². The van der Waals surface area contributed by atoms with Crippen molar-refractivity contribution >= 4 is 132 Å². The number of carboxylic acid groups (broad SMARTS) is 3. The number of aliphatic carboxylic acids is 3. The van der Waals surface area contributed by atoms with Crippen LogP contribution < -0.4 is 69.0 Å². The van der Waals surface area contributed by atoms with Gasteiger partial charge in [0.2, 0.25) is 35.5 Å². The maximum Gasteiger partial charge on any atom is 0.426 e. The molecule has 25 atom stereocenters. The molecule has 1 unspecified atom stereocenters. The van der Waals surface area contributed by atoms with Crippen LogP contribution in [0.25, 0.3) is 22.1 Å². The molecule has 3 fully saturated rings. The number of aliphatic hydroxyl groups excluding tert-OH is 13. The number of hydrazine groups is 1. The number of carboxylic acids is 3. The van der Waals surface area contributed by atoms with Gasteiger partial charge >= 0.3 is 35.5 Å². The number of fused-ring (bicyclic) bond motifs is 7. The van der Waals surface area contributed by atoms with E-state index in [1.165, 1.54) is 44.7 Å². The van der Waals surface area contributed by atoms with Crippen molar-refractivity contribution in [2.24, 2.45) is 11.3 Å². The van der Waals surface area contributed by atoms with Crippen molar-refractivity contribution < 1.29 is 164 Å². The Hall–Kier alpha value is -12.2. The fourth-order valence-corrected chi connectivity index (χ4v) is 22.7. The summed E-state index contributed by atoms with van der Waals surface area (Å²) in [4.78, 5) is 204. The number of rotatable bonds is 45. The molecule has 1 spiro atoms. The van der Waals surface area contributed by atoms with Gasteiger partial charge in [-0.25, -0.2) is 29.8 Å². The van der Waals surface area contributed by atoms with Gasteiger partial charge in [-0.05, 0) is 105 Å². The Bertz CT molecular complexity index is 5840. The van der Waals surface area contributed by atoms with Crippen LogP contribution in [0.1, 0.15) is 104 Å². The Morgan fingerprint density at radius 2 is 1.30 bits per heavy atom. The number of likely N-dealkylation sites (N-methyl/N-ethyl adjacent to an activating group) is 1. The molecule has 52 nitrogen and oxygen atoms in total. The number of aliphatic hydroxyl groups is 15. The van der Waals surface area contributed by atoms with Crippen molar-refractivity contribution in [3.63, 3.8) is 0 Å². The molecule has 2 saturated heterocycles. The second-order valence-corrected chi connectivity index (χ2v) is 39.2. The van der Waals surface area contributed by atoms with Crippen LogP contribution >= 0.6 is 21.6 Å². The summed E-state index contributed by atoms with van der Waals surface area (Å²) in [5.74, 6) is -18.7. The standard InChI is InChI=1S/C90H120N18O34S2/c1-6-86(138)30-40-31-89(83(136)141-5,69-45(19-23-107(34-40)39-86)44-11-8-9-12-48(44)95-69)47-27-46-52(29-56(47)140-4)106(3)80-88(46)21-24-108-22-10-20-87(7-2,79(88)108)81(134)90(80,139)82(135)104-105-85(137)142-25-26-143-144-38-51(78(132)133)98-74(127)60(67(122)64(119)54(113)36-110)101-75(128)61(68(123)65(120)55(114)37-111)100-72(125)50(28-58(116)117)97-73(126)59(66(121)63(118)53(112)35-109)99-57(115)18-17-49(77(130)131)96-71(124)41-13-15-42(16-14-41)92-32-43-33-93-70-62(94-43)76(129)103-84(91)102-70/h8-16,20,27,29,33,40,49-51,53-55,59-61,63-68,79-81,92,95,109-114,118-123,134,138-139H,6-7,17-19,21-26,28,30-32,34-39H2,1-5H3,(H,96,124)(H,97,126)(H,98,127)(H,99,115)(H,100,125)(H,101,128)(H,104,135)(H,105,137)(H,116,117)(H,130,131)(H,132,133)(H3,91,93,102,103,129)/t40-,49-,50-,51-,53+,54+,55+,59-,60-,61-,63+,64+,65+,66+,67+,68+,79-,80+,81+,86-,87+,88+,89-,90-/m0/s1. The van der Waals surface area contributed by atoms with E-state index in [1.807, 2.05) is 67.0 Å². The molecule has 12 rings (SSSR count). The largest absolute Gasteiger partial charge is 0.496 e. The minimum atomic E-state index is -2.98. The summed E-state index contributed by atoms with van der Waals surface area (Å²) in [5, 5.41) is 212. The van der Waals surface area contributed by atoms with Gasteiger partial charge in [-0.1, -0.05) is 65.8 Å². The molecular weight excluding hydrogens is 1940 g/mol. The number of methoxy groups -OCH3 is 2. The summed E-state index contributed by atoms with van der Waals surface area (Å²) < 4.78 is 17.7. The van der Waals surface area contributed by atoms with E-state index in [1.54, 1.807) is 34.0 Å². The monoisotopic (exact) mass is 2060 g/mol.